The number of hydrogen-bond acceptors (Lipinski definition) is 7. The van der Waals surface area contributed by atoms with Crippen LogP contribution >= 0.6 is 0 Å². The first-order valence-electron chi connectivity index (χ1n) is 13.5. The molecule has 3 atom stereocenters. The number of hydrogen-bond donors (Lipinski definition) is 3. The van der Waals surface area contributed by atoms with Gasteiger partial charge in [-0.3, -0.25) is 9.36 Å². The molecule has 43 heavy (non-hydrogen) atoms. The lowest BCUT2D eigenvalue weighted by molar-refractivity contribution is -0.173. The van der Waals surface area contributed by atoms with E-state index in [1.54, 1.807) is 5.32 Å². The Bertz CT molecular complexity index is 1510. The van der Waals surface area contributed by atoms with Gasteiger partial charge in [0.25, 0.3) is 8.32 Å². The zero-order valence-corrected chi connectivity index (χ0v) is 24.9. The van der Waals surface area contributed by atoms with E-state index < -0.39 is 51.1 Å². The van der Waals surface area contributed by atoms with Gasteiger partial charge in [-0.1, -0.05) is 93.3 Å². The minimum absolute atomic E-state index is 0.0472. The van der Waals surface area contributed by atoms with Gasteiger partial charge in [0.1, 0.15) is 18.1 Å². The number of aliphatic hydroxyl groups is 1. The summed E-state index contributed by atoms with van der Waals surface area (Å²) in [5.74, 6) is 2.51. The summed E-state index contributed by atoms with van der Waals surface area (Å²) in [6, 6.07) is 20.0. The standard InChI is InChI=1S/C30H33F3N4O5Si/c1-29(2,3)43(21-12-6-4-7-13-21,22-14-8-5-9-15-22)41-19-24-23(38)17-25(42-24)37-18-20(26(34)36-28(37)40)11-10-16-35-27(39)30(31,32)33/h4-9,12-15,18,23-25,38H,16-17,19H2,1-3H3,(H,35,39)(H2,34,36,40)/t23-,24-,25-/m1/s1. The van der Waals surface area contributed by atoms with Crippen molar-refractivity contribution < 1.29 is 32.2 Å². The number of aromatic nitrogens is 2. The van der Waals surface area contributed by atoms with Crippen LogP contribution in [0, 0.1) is 11.8 Å². The Hall–Kier alpha value is -3.96. The van der Waals surface area contributed by atoms with Crippen LogP contribution in [0.1, 0.15) is 39.0 Å². The molecule has 0 radical (unpaired) electrons. The van der Waals surface area contributed by atoms with E-state index in [9.17, 15) is 27.9 Å². The number of carbonyl (C=O) groups excluding carboxylic acids is 1. The van der Waals surface area contributed by atoms with Gasteiger partial charge in [-0.25, -0.2) is 4.79 Å². The van der Waals surface area contributed by atoms with Crippen LogP contribution in [0.25, 0.3) is 0 Å². The quantitative estimate of drug-likeness (QED) is 0.275. The molecular formula is C30H33F3N4O5Si. The van der Waals surface area contributed by atoms with Crippen molar-refractivity contribution in [3.63, 3.8) is 0 Å². The fourth-order valence-corrected chi connectivity index (χ4v) is 9.72. The molecule has 1 saturated heterocycles. The molecule has 0 bridgehead atoms. The second-order valence-corrected chi connectivity index (χ2v) is 15.4. The summed E-state index contributed by atoms with van der Waals surface area (Å²) in [4.78, 5) is 27.4. The van der Waals surface area contributed by atoms with E-state index in [1.165, 1.54) is 6.20 Å². The van der Waals surface area contributed by atoms with E-state index in [-0.39, 0.29) is 29.4 Å². The van der Waals surface area contributed by atoms with Gasteiger partial charge in [-0.15, -0.1) is 0 Å². The number of carbonyl (C=O) groups is 1. The van der Waals surface area contributed by atoms with E-state index in [2.05, 4.69) is 61.9 Å². The third-order valence-corrected chi connectivity index (χ3v) is 12.2. The van der Waals surface area contributed by atoms with Crippen LogP contribution in [-0.2, 0) is 14.0 Å². The summed E-state index contributed by atoms with van der Waals surface area (Å²) in [5, 5.41) is 14.4. The Morgan fingerprint density at radius 1 is 1.14 bits per heavy atom. The van der Waals surface area contributed by atoms with Gasteiger partial charge in [-0.05, 0) is 15.4 Å². The zero-order valence-electron chi connectivity index (χ0n) is 23.9. The molecule has 3 aromatic rings. The van der Waals surface area contributed by atoms with Gasteiger partial charge in [0.2, 0.25) is 0 Å². The van der Waals surface area contributed by atoms with Crippen LogP contribution in [0.15, 0.2) is 71.7 Å². The van der Waals surface area contributed by atoms with Crippen molar-refractivity contribution in [1.29, 1.82) is 0 Å². The summed E-state index contributed by atoms with van der Waals surface area (Å²) in [6.07, 6.45) is -6.38. The third kappa shape index (κ3) is 6.99. The van der Waals surface area contributed by atoms with Crippen molar-refractivity contribution in [2.75, 3.05) is 18.9 Å². The number of halogens is 3. The molecule has 1 aromatic heterocycles. The topological polar surface area (TPSA) is 129 Å². The third-order valence-electron chi connectivity index (χ3n) is 7.19. The molecule has 228 valence electrons. The van der Waals surface area contributed by atoms with E-state index in [0.29, 0.717) is 0 Å². The summed E-state index contributed by atoms with van der Waals surface area (Å²) < 4.78 is 51.3. The maximum atomic E-state index is 12.7. The first-order valence-corrected chi connectivity index (χ1v) is 15.5. The lowest BCUT2D eigenvalue weighted by Gasteiger charge is -2.43. The van der Waals surface area contributed by atoms with Crippen molar-refractivity contribution in [2.45, 2.75) is 56.8 Å². The van der Waals surface area contributed by atoms with Crippen molar-refractivity contribution in [1.82, 2.24) is 14.9 Å². The predicted molar refractivity (Wildman–Crippen MR) is 157 cm³/mol. The minimum atomic E-state index is -5.03. The molecule has 1 fully saturated rings. The van der Waals surface area contributed by atoms with Crippen molar-refractivity contribution in [3.8, 4) is 11.8 Å². The van der Waals surface area contributed by atoms with Gasteiger partial charge < -0.3 is 25.3 Å². The summed E-state index contributed by atoms with van der Waals surface area (Å²) in [7, 11) is -2.92. The summed E-state index contributed by atoms with van der Waals surface area (Å²) in [6.45, 7) is 5.84. The highest BCUT2D eigenvalue weighted by Gasteiger charge is 2.51. The fraction of sp³-hybridized carbons (Fsp3) is 0.367. The highest BCUT2D eigenvalue weighted by Crippen LogP contribution is 2.38. The van der Waals surface area contributed by atoms with Gasteiger partial charge in [0, 0.05) is 12.6 Å². The highest BCUT2D eigenvalue weighted by atomic mass is 28.4. The number of ether oxygens (including phenoxy) is 1. The molecule has 9 nitrogen and oxygen atoms in total. The molecule has 4 N–H and O–H groups in total. The normalized spacial score (nSPS) is 19.0. The van der Waals surface area contributed by atoms with Crippen molar-refractivity contribution in [2.24, 2.45) is 0 Å². The number of rotatable bonds is 7. The van der Waals surface area contributed by atoms with Crippen LogP contribution in [0.2, 0.25) is 5.04 Å². The lowest BCUT2D eigenvalue weighted by atomic mass is 10.2. The van der Waals surface area contributed by atoms with E-state index in [0.717, 1.165) is 14.9 Å². The maximum absolute atomic E-state index is 12.7. The molecular weight excluding hydrogens is 581 g/mol. The summed E-state index contributed by atoms with van der Waals surface area (Å²) >= 11 is 0. The monoisotopic (exact) mass is 614 g/mol. The molecule has 1 aliphatic rings. The molecule has 0 aliphatic carbocycles. The van der Waals surface area contributed by atoms with Gasteiger partial charge >= 0.3 is 17.8 Å². The van der Waals surface area contributed by atoms with Crippen LogP contribution in [0.5, 0.6) is 0 Å². The number of anilines is 1. The number of benzene rings is 2. The molecule has 13 heteroatoms. The minimum Gasteiger partial charge on any atom is -0.405 e. The van der Waals surface area contributed by atoms with Crippen LogP contribution in [-0.4, -0.2) is 60.4 Å². The summed E-state index contributed by atoms with van der Waals surface area (Å²) in [5.41, 5.74) is 5.10. The predicted octanol–water partition coefficient (Wildman–Crippen LogP) is 2.08. The second kappa shape index (κ2) is 12.7. The number of amides is 1. The molecule has 0 saturated carbocycles. The zero-order chi connectivity index (χ0) is 31.4. The number of nitrogen functional groups attached to an aromatic ring is 1. The van der Waals surface area contributed by atoms with E-state index in [4.69, 9.17) is 14.9 Å². The van der Waals surface area contributed by atoms with E-state index >= 15 is 0 Å². The molecule has 2 aromatic carbocycles. The second-order valence-electron chi connectivity index (χ2n) is 11.1. The van der Waals surface area contributed by atoms with Crippen LogP contribution in [0.3, 0.4) is 0 Å². The first kappa shape index (κ1) is 32.0. The van der Waals surface area contributed by atoms with Crippen LogP contribution < -0.4 is 27.1 Å². The smallest absolute Gasteiger partial charge is 0.405 e. The number of nitrogens with zero attached hydrogens (tertiary/aromatic N) is 2. The van der Waals surface area contributed by atoms with Gasteiger partial charge in [-0.2, -0.15) is 18.2 Å². The number of aliphatic hydroxyl groups excluding tert-OH is 1. The number of alkyl halides is 3. The number of nitrogens with one attached hydrogen (secondary N) is 1. The SMILES string of the molecule is CC(C)(C)[Si](OC[C@H]1O[C@@H](n2cc(C#CCNC(=O)C(F)(F)F)c(N)nc2=O)C[C@H]1O)(c1ccccc1)c1ccccc1. The van der Waals surface area contributed by atoms with E-state index in [1.807, 2.05) is 36.4 Å². The van der Waals surface area contributed by atoms with Crippen molar-refractivity contribution in [3.05, 3.63) is 82.9 Å². The Morgan fingerprint density at radius 3 is 2.26 bits per heavy atom. The molecule has 1 amide bonds. The molecule has 4 rings (SSSR count). The molecule has 0 spiro atoms. The Labute approximate surface area is 248 Å². The highest BCUT2D eigenvalue weighted by molar-refractivity contribution is 6.99. The Morgan fingerprint density at radius 2 is 1.72 bits per heavy atom. The van der Waals surface area contributed by atoms with Crippen LogP contribution in [0.4, 0.5) is 19.0 Å². The largest absolute Gasteiger partial charge is 0.471 e. The first-order chi connectivity index (χ1) is 20.2. The van der Waals surface area contributed by atoms with Gasteiger partial charge in [0.05, 0.1) is 24.8 Å². The Balaban J connectivity index is 1.56. The Kier molecular flexibility index (Phi) is 9.46. The average molecular weight is 615 g/mol. The average Bonchev–Trinajstić information content (AvgIpc) is 3.32. The van der Waals surface area contributed by atoms with Crippen molar-refractivity contribution >= 4 is 30.4 Å². The lowest BCUT2D eigenvalue weighted by Crippen LogP contribution is -2.67. The number of nitrogens with two attached hydrogens (primary N) is 1. The molecule has 0 unspecified atom stereocenters. The molecule has 1 aliphatic heterocycles. The van der Waals surface area contributed by atoms with Gasteiger partial charge in [0.15, 0.2) is 0 Å². The maximum Gasteiger partial charge on any atom is 0.471 e. The fourth-order valence-electron chi connectivity index (χ4n) is 5.15. The molecule has 2 heterocycles.